The zero-order valence-electron chi connectivity index (χ0n) is 17.7. The normalized spacial score (nSPS) is 10.6. The van der Waals surface area contributed by atoms with Crippen LogP contribution in [0.1, 0.15) is 23.3 Å². The average molecular weight is 470 g/mol. The molecule has 33 heavy (non-hydrogen) atoms. The number of esters is 1. The molecule has 0 saturated carbocycles. The predicted molar refractivity (Wildman–Crippen MR) is 127 cm³/mol. The van der Waals surface area contributed by atoms with Crippen LogP contribution in [-0.4, -0.2) is 40.9 Å². The fraction of sp³-hybridized carbons (Fsp3) is 0.200. The Bertz CT molecular complexity index is 1190. The van der Waals surface area contributed by atoms with Crippen LogP contribution in [0.25, 0.3) is 0 Å². The van der Waals surface area contributed by atoms with Crippen LogP contribution in [0.4, 0.5) is 5.69 Å². The van der Waals surface area contributed by atoms with Crippen molar-refractivity contribution in [2.45, 2.75) is 18.7 Å². The van der Waals surface area contributed by atoms with E-state index >= 15 is 0 Å². The number of hydrogen-bond acceptors (Lipinski definition) is 6. The number of anilines is 1. The van der Waals surface area contributed by atoms with Crippen LogP contribution in [0.5, 0.6) is 5.75 Å². The molecular weight excluding hydrogens is 442 g/mol. The highest BCUT2D eigenvalue weighted by molar-refractivity contribution is 7.92. The molecule has 174 valence electrons. The molecule has 0 radical (unpaired) electrons. The first-order valence-electron chi connectivity index (χ1n) is 9.76. The van der Waals surface area contributed by atoms with Crippen LogP contribution >= 0.6 is 0 Å². The largest absolute Gasteiger partial charge is 0.497 e. The number of hydrogen-bond donors (Lipinski definition) is 0. The summed E-state index contributed by atoms with van der Waals surface area (Å²) in [5.41, 5.74) is 1.35. The van der Waals surface area contributed by atoms with E-state index in [1.807, 2.05) is 0 Å². The van der Waals surface area contributed by atoms with Gasteiger partial charge in [-0.15, -0.1) is 0 Å². The Labute approximate surface area is 194 Å². The van der Waals surface area contributed by atoms with Gasteiger partial charge in [-0.3, -0.25) is 9.10 Å². The van der Waals surface area contributed by atoms with E-state index in [0.717, 1.165) is 4.31 Å². The molecule has 7 nitrogen and oxygen atoms in total. The Morgan fingerprint density at radius 2 is 1.55 bits per heavy atom. The van der Waals surface area contributed by atoms with E-state index in [2.05, 4.69) is 4.74 Å². The first-order valence-corrected chi connectivity index (χ1v) is 11.2. The minimum absolute atomic E-state index is 0. The van der Waals surface area contributed by atoms with E-state index in [9.17, 15) is 18.0 Å². The topological polar surface area (TPSA) is 90.0 Å². The molecule has 0 unspecified atom stereocenters. The molecule has 0 spiro atoms. The molecule has 3 aromatic rings. The van der Waals surface area contributed by atoms with Crippen molar-refractivity contribution in [1.82, 2.24) is 0 Å². The van der Waals surface area contributed by atoms with Gasteiger partial charge in [0.25, 0.3) is 10.0 Å². The van der Waals surface area contributed by atoms with Gasteiger partial charge in [0.1, 0.15) is 5.75 Å². The fourth-order valence-electron chi connectivity index (χ4n) is 3.12. The number of ketones is 1. The molecule has 0 heterocycles. The number of Topliss-reactive ketones (excluding diaryl/α,β-unsaturated/α-hetero) is 1. The van der Waals surface area contributed by atoms with Gasteiger partial charge in [0.15, 0.2) is 5.78 Å². The molecule has 0 atom stereocenters. The standard InChI is InChI=1S/C24H23NO6S.CH4/c1-30-22-8-6-7-20(16-22)25(32(28,29)23-9-4-3-5-10-23)17-21(26)15-18-11-13-19(14-12-18)24(27)31-2;/h3-14,16H,15,17H2,1-2H3;1H4. The zero-order chi connectivity index (χ0) is 23.1. The Morgan fingerprint density at radius 1 is 0.879 bits per heavy atom. The molecule has 0 saturated heterocycles. The van der Waals surface area contributed by atoms with Crippen LogP contribution in [0.15, 0.2) is 83.8 Å². The number of ether oxygens (including phenoxy) is 2. The van der Waals surface area contributed by atoms with Crippen molar-refractivity contribution in [1.29, 1.82) is 0 Å². The van der Waals surface area contributed by atoms with Gasteiger partial charge in [0.05, 0.1) is 36.9 Å². The summed E-state index contributed by atoms with van der Waals surface area (Å²) in [5.74, 6) is -0.305. The van der Waals surface area contributed by atoms with Crippen LogP contribution in [0, 0.1) is 0 Å². The second-order valence-corrected chi connectivity index (χ2v) is 8.79. The summed E-state index contributed by atoms with van der Waals surface area (Å²) in [6.45, 7) is -0.358. The van der Waals surface area contributed by atoms with Crippen LogP contribution < -0.4 is 9.04 Å². The number of sulfonamides is 1. The maximum Gasteiger partial charge on any atom is 0.337 e. The Hall–Kier alpha value is -3.65. The van der Waals surface area contributed by atoms with Crippen molar-refractivity contribution in [2.24, 2.45) is 0 Å². The van der Waals surface area contributed by atoms with Crippen LogP contribution in [0.2, 0.25) is 0 Å². The first-order chi connectivity index (χ1) is 15.3. The maximum absolute atomic E-state index is 13.4. The van der Waals surface area contributed by atoms with Crippen molar-refractivity contribution in [3.05, 3.63) is 90.0 Å². The van der Waals surface area contributed by atoms with Gasteiger partial charge in [0.2, 0.25) is 0 Å². The summed E-state index contributed by atoms with van der Waals surface area (Å²) in [5, 5.41) is 0. The average Bonchev–Trinajstić information content (AvgIpc) is 2.83. The van der Waals surface area contributed by atoms with Gasteiger partial charge in [-0.05, 0) is 42.0 Å². The molecule has 3 aromatic carbocycles. The van der Waals surface area contributed by atoms with Gasteiger partial charge in [-0.1, -0.05) is 43.8 Å². The summed E-state index contributed by atoms with van der Waals surface area (Å²) < 4.78 is 37.7. The minimum Gasteiger partial charge on any atom is -0.497 e. The number of rotatable bonds is 9. The summed E-state index contributed by atoms with van der Waals surface area (Å²) in [4.78, 5) is 24.5. The summed E-state index contributed by atoms with van der Waals surface area (Å²) in [6.07, 6.45) is 0.00618. The maximum atomic E-state index is 13.4. The first kappa shape index (κ1) is 25.6. The lowest BCUT2D eigenvalue weighted by molar-refractivity contribution is -0.117. The molecule has 8 heteroatoms. The van der Waals surface area contributed by atoms with Crippen molar-refractivity contribution in [3.8, 4) is 5.75 Å². The van der Waals surface area contributed by atoms with Crippen LogP contribution in [-0.2, 0) is 26.0 Å². The Morgan fingerprint density at radius 3 is 2.15 bits per heavy atom. The van der Waals surface area contributed by atoms with Crippen molar-refractivity contribution in [3.63, 3.8) is 0 Å². The third-order valence-corrected chi connectivity index (χ3v) is 6.56. The lowest BCUT2D eigenvalue weighted by atomic mass is 10.1. The minimum atomic E-state index is -3.99. The smallest absolute Gasteiger partial charge is 0.337 e. The highest BCUT2D eigenvalue weighted by Crippen LogP contribution is 2.27. The zero-order valence-corrected chi connectivity index (χ0v) is 18.5. The molecule has 0 aliphatic carbocycles. The van der Waals surface area contributed by atoms with Gasteiger partial charge in [0, 0.05) is 12.5 Å². The summed E-state index contributed by atoms with van der Waals surface area (Å²) in [6, 6.07) is 20.9. The van der Waals surface area contributed by atoms with Gasteiger partial charge in [-0.25, -0.2) is 13.2 Å². The van der Waals surface area contributed by atoms with E-state index in [4.69, 9.17) is 4.74 Å². The van der Waals surface area contributed by atoms with Gasteiger partial charge < -0.3 is 9.47 Å². The molecule has 0 aromatic heterocycles. The molecule has 0 bridgehead atoms. The quantitative estimate of drug-likeness (QED) is 0.438. The van der Waals surface area contributed by atoms with Gasteiger partial charge in [-0.2, -0.15) is 0 Å². The number of methoxy groups -OCH3 is 2. The SMILES string of the molecule is C.COC(=O)c1ccc(CC(=O)CN(c2cccc(OC)c2)S(=O)(=O)c2ccccc2)cc1. The van der Waals surface area contributed by atoms with E-state index in [1.165, 1.54) is 26.4 Å². The lowest BCUT2D eigenvalue weighted by Crippen LogP contribution is -2.36. The van der Waals surface area contributed by atoms with E-state index in [-0.39, 0.29) is 31.1 Å². The molecule has 3 rings (SSSR count). The number of carbonyl (C=O) groups is 2. The van der Waals surface area contributed by atoms with E-state index < -0.39 is 16.0 Å². The number of benzene rings is 3. The predicted octanol–water partition coefficient (Wildman–Crippen LogP) is 4.13. The molecule has 0 aliphatic rings. The van der Waals surface area contributed by atoms with Crippen molar-refractivity contribution < 1.29 is 27.5 Å². The second kappa shape index (κ2) is 11.3. The van der Waals surface area contributed by atoms with Crippen LogP contribution in [0.3, 0.4) is 0 Å². The molecule has 0 fully saturated rings. The highest BCUT2D eigenvalue weighted by atomic mass is 32.2. The Kier molecular flexibility index (Phi) is 8.76. The number of carbonyl (C=O) groups excluding carboxylic acids is 2. The fourth-order valence-corrected chi connectivity index (χ4v) is 4.58. The molecule has 0 amide bonds. The number of nitrogens with zero attached hydrogens (tertiary/aromatic N) is 1. The lowest BCUT2D eigenvalue weighted by Gasteiger charge is -2.24. The molecule has 0 aliphatic heterocycles. The monoisotopic (exact) mass is 469 g/mol. The van der Waals surface area contributed by atoms with E-state index in [1.54, 1.807) is 66.7 Å². The second-order valence-electron chi connectivity index (χ2n) is 6.93. The Balaban J connectivity index is 0.00000385. The third kappa shape index (κ3) is 6.20. The molecule has 0 N–H and O–H groups in total. The third-order valence-electron chi connectivity index (χ3n) is 4.77. The summed E-state index contributed by atoms with van der Waals surface area (Å²) in [7, 11) is -1.22. The highest BCUT2D eigenvalue weighted by Gasteiger charge is 2.27. The van der Waals surface area contributed by atoms with Gasteiger partial charge >= 0.3 is 5.97 Å². The van der Waals surface area contributed by atoms with E-state index in [0.29, 0.717) is 22.6 Å². The summed E-state index contributed by atoms with van der Waals surface area (Å²) >= 11 is 0. The molecular formula is C25H27NO6S. The van der Waals surface area contributed by atoms with Crippen molar-refractivity contribution >= 4 is 27.5 Å². The van der Waals surface area contributed by atoms with Crippen molar-refractivity contribution in [2.75, 3.05) is 25.1 Å².